The Hall–Kier alpha value is -1.30. The van der Waals surface area contributed by atoms with Crippen molar-refractivity contribution < 1.29 is 13.2 Å². The van der Waals surface area contributed by atoms with Crippen molar-refractivity contribution in [1.29, 1.82) is 0 Å². The van der Waals surface area contributed by atoms with E-state index in [0.717, 1.165) is 0 Å². The number of nitrogens with zero attached hydrogens (tertiary/aromatic N) is 2. The number of aromatic nitrogens is 1. The Morgan fingerprint density at radius 3 is 2.40 bits per heavy atom. The zero-order valence-electron chi connectivity index (χ0n) is 12.2. The van der Waals surface area contributed by atoms with Crippen LogP contribution in [0.2, 0.25) is 0 Å². The SMILES string of the molecule is CC(C)(C)S(=O)(=O)[C@@H]1CCN(C(=O)Cn2cccc2)C1. The summed E-state index contributed by atoms with van der Waals surface area (Å²) in [6.07, 6.45) is 4.20. The van der Waals surface area contributed by atoms with E-state index in [2.05, 4.69) is 0 Å². The van der Waals surface area contributed by atoms with E-state index in [-0.39, 0.29) is 12.5 Å². The molecule has 1 amide bonds. The van der Waals surface area contributed by atoms with Gasteiger partial charge in [-0.05, 0) is 39.3 Å². The summed E-state index contributed by atoms with van der Waals surface area (Å²) >= 11 is 0. The van der Waals surface area contributed by atoms with E-state index in [9.17, 15) is 13.2 Å². The lowest BCUT2D eigenvalue weighted by Crippen LogP contribution is -2.40. The van der Waals surface area contributed by atoms with Gasteiger partial charge in [-0.1, -0.05) is 0 Å². The first-order valence-electron chi connectivity index (χ1n) is 6.84. The van der Waals surface area contributed by atoms with Crippen molar-refractivity contribution in [3.63, 3.8) is 0 Å². The zero-order chi connectivity index (χ0) is 15.0. The molecule has 20 heavy (non-hydrogen) atoms. The number of carbonyl (C=O) groups is 1. The molecule has 0 saturated carbocycles. The van der Waals surface area contributed by atoms with E-state index < -0.39 is 19.8 Å². The fourth-order valence-electron chi connectivity index (χ4n) is 2.44. The van der Waals surface area contributed by atoms with Crippen LogP contribution in [-0.2, 0) is 21.2 Å². The Kier molecular flexibility index (Phi) is 3.95. The summed E-state index contributed by atoms with van der Waals surface area (Å²) in [6.45, 7) is 6.26. The molecule has 1 aliphatic heterocycles. The van der Waals surface area contributed by atoms with E-state index in [1.54, 1.807) is 30.2 Å². The van der Waals surface area contributed by atoms with Crippen LogP contribution in [0.1, 0.15) is 27.2 Å². The van der Waals surface area contributed by atoms with Gasteiger partial charge in [-0.2, -0.15) is 0 Å². The monoisotopic (exact) mass is 298 g/mol. The molecule has 0 unspecified atom stereocenters. The lowest BCUT2D eigenvalue weighted by atomic mass is 10.3. The molecule has 1 aromatic heterocycles. The van der Waals surface area contributed by atoms with Crippen LogP contribution in [0, 0.1) is 0 Å². The van der Waals surface area contributed by atoms with Crippen LogP contribution in [0.25, 0.3) is 0 Å². The van der Waals surface area contributed by atoms with Gasteiger partial charge in [-0.3, -0.25) is 4.79 Å². The minimum absolute atomic E-state index is 0.0205. The van der Waals surface area contributed by atoms with Gasteiger partial charge >= 0.3 is 0 Å². The average Bonchev–Trinajstić information content (AvgIpc) is 2.97. The molecule has 6 heteroatoms. The summed E-state index contributed by atoms with van der Waals surface area (Å²) in [6, 6.07) is 3.73. The summed E-state index contributed by atoms with van der Waals surface area (Å²) in [5.41, 5.74) is 0. The number of likely N-dealkylation sites (tertiary alicyclic amines) is 1. The van der Waals surface area contributed by atoms with Gasteiger partial charge in [0.2, 0.25) is 5.91 Å². The number of carbonyl (C=O) groups excluding carboxylic acids is 1. The predicted octanol–water partition coefficient (Wildman–Crippen LogP) is 1.30. The first-order valence-corrected chi connectivity index (χ1v) is 8.38. The van der Waals surface area contributed by atoms with Gasteiger partial charge in [-0.15, -0.1) is 0 Å². The van der Waals surface area contributed by atoms with Crippen LogP contribution < -0.4 is 0 Å². The van der Waals surface area contributed by atoms with Crippen molar-refractivity contribution in [3.05, 3.63) is 24.5 Å². The smallest absolute Gasteiger partial charge is 0.242 e. The van der Waals surface area contributed by atoms with Crippen molar-refractivity contribution in [1.82, 2.24) is 9.47 Å². The van der Waals surface area contributed by atoms with E-state index in [1.165, 1.54) is 0 Å². The minimum atomic E-state index is -3.21. The van der Waals surface area contributed by atoms with Crippen LogP contribution in [0.5, 0.6) is 0 Å². The van der Waals surface area contributed by atoms with Crippen molar-refractivity contribution >= 4 is 15.7 Å². The van der Waals surface area contributed by atoms with Gasteiger partial charge in [-0.25, -0.2) is 8.42 Å². The molecule has 0 bridgehead atoms. The molecule has 1 fully saturated rings. The number of hydrogen-bond donors (Lipinski definition) is 0. The maximum Gasteiger partial charge on any atom is 0.242 e. The zero-order valence-corrected chi connectivity index (χ0v) is 13.1. The molecule has 1 atom stereocenters. The summed E-state index contributed by atoms with van der Waals surface area (Å²) in [4.78, 5) is 13.8. The van der Waals surface area contributed by atoms with Gasteiger partial charge in [0.25, 0.3) is 0 Å². The van der Waals surface area contributed by atoms with Crippen LogP contribution >= 0.6 is 0 Å². The molecular formula is C14H22N2O3S. The van der Waals surface area contributed by atoms with E-state index >= 15 is 0 Å². The third kappa shape index (κ3) is 2.90. The maximum atomic E-state index is 12.4. The Morgan fingerprint density at radius 1 is 1.25 bits per heavy atom. The molecule has 0 aliphatic carbocycles. The lowest BCUT2D eigenvalue weighted by Gasteiger charge is -2.24. The van der Waals surface area contributed by atoms with Crippen LogP contribution in [0.15, 0.2) is 24.5 Å². The Balaban J connectivity index is 2.01. The first kappa shape index (κ1) is 15.1. The summed E-state index contributed by atoms with van der Waals surface area (Å²) < 4.78 is 25.8. The molecule has 5 nitrogen and oxygen atoms in total. The lowest BCUT2D eigenvalue weighted by molar-refractivity contribution is -0.130. The first-order chi connectivity index (χ1) is 9.22. The summed E-state index contributed by atoms with van der Waals surface area (Å²) in [7, 11) is -3.21. The Morgan fingerprint density at radius 2 is 1.85 bits per heavy atom. The molecule has 2 rings (SSSR count). The van der Waals surface area contributed by atoms with Crippen molar-refractivity contribution in [3.8, 4) is 0 Å². The molecule has 0 N–H and O–H groups in total. The highest BCUT2D eigenvalue weighted by Crippen LogP contribution is 2.27. The largest absolute Gasteiger partial charge is 0.345 e. The molecule has 2 heterocycles. The number of hydrogen-bond acceptors (Lipinski definition) is 3. The predicted molar refractivity (Wildman–Crippen MR) is 78.1 cm³/mol. The van der Waals surface area contributed by atoms with Gasteiger partial charge in [0.1, 0.15) is 6.54 Å². The molecular weight excluding hydrogens is 276 g/mol. The summed E-state index contributed by atoms with van der Waals surface area (Å²) in [5.74, 6) is -0.0205. The summed E-state index contributed by atoms with van der Waals surface area (Å²) in [5, 5.41) is -0.434. The fraction of sp³-hybridized carbons (Fsp3) is 0.643. The average molecular weight is 298 g/mol. The molecule has 1 saturated heterocycles. The van der Waals surface area contributed by atoms with E-state index in [1.807, 2.05) is 24.5 Å². The molecule has 0 aromatic carbocycles. The molecule has 1 aliphatic rings. The molecule has 0 spiro atoms. The van der Waals surface area contributed by atoms with Gasteiger partial charge in [0, 0.05) is 25.5 Å². The second kappa shape index (κ2) is 5.24. The van der Waals surface area contributed by atoms with Gasteiger partial charge in [0.15, 0.2) is 9.84 Å². The highest BCUT2D eigenvalue weighted by Gasteiger charge is 2.41. The fourth-order valence-corrected chi connectivity index (χ4v) is 4.23. The Bertz CT molecular complexity index is 570. The maximum absolute atomic E-state index is 12.4. The van der Waals surface area contributed by atoms with Crippen molar-refractivity contribution in [2.75, 3.05) is 13.1 Å². The normalized spacial score (nSPS) is 20.4. The Labute approximate surface area is 120 Å². The van der Waals surface area contributed by atoms with E-state index in [0.29, 0.717) is 19.5 Å². The quantitative estimate of drug-likeness (QED) is 0.845. The molecule has 112 valence electrons. The topological polar surface area (TPSA) is 59.4 Å². The highest BCUT2D eigenvalue weighted by atomic mass is 32.2. The van der Waals surface area contributed by atoms with Crippen LogP contribution in [0.4, 0.5) is 0 Å². The number of rotatable bonds is 3. The van der Waals surface area contributed by atoms with Crippen LogP contribution in [-0.4, -0.2) is 46.9 Å². The minimum Gasteiger partial charge on any atom is -0.345 e. The molecule has 1 aromatic rings. The number of sulfone groups is 1. The second-order valence-electron chi connectivity index (χ2n) is 6.26. The van der Waals surface area contributed by atoms with E-state index in [4.69, 9.17) is 0 Å². The third-order valence-corrected chi connectivity index (χ3v) is 6.74. The van der Waals surface area contributed by atoms with Crippen LogP contribution in [0.3, 0.4) is 0 Å². The number of amides is 1. The molecule has 0 radical (unpaired) electrons. The standard InChI is InChI=1S/C14H22N2O3S/c1-14(2,3)20(18,19)12-6-9-16(10-12)13(17)11-15-7-4-5-8-15/h4-5,7-8,12H,6,9-11H2,1-3H3/t12-/m1/s1. The highest BCUT2D eigenvalue weighted by molar-refractivity contribution is 7.93. The van der Waals surface area contributed by atoms with Gasteiger partial charge in [0.05, 0.1) is 10.00 Å². The van der Waals surface area contributed by atoms with Crippen molar-refractivity contribution in [2.24, 2.45) is 0 Å². The third-order valence-electron chi connectivity index (χ3n) is 3.77. The van der Waals surface area contributed by atoms with Gasteiger partial charge < -0.3 is 9.47 Å². The van der Waals surface area contributed by atoms with Crippen molar-refractivity contribution in [2.45, 2.75) is 43.7 Å². The second-order valence-corrected chi connectivity index (χ2v) is 9.24.